The van der Waals surface area contributed by atoms with E-state index in [9.17, 15) is 9.90 Å². The molecule has 0 aliphatic rings. The third kappa shape index (κ3) is 5.77. The zero-order valence-electron chi connectivity index (χ0n) is 13.0. The van der Waals surface area contributed by atoms with Gasteiger partial charge in [-0.1, -0.05) is 12.1 Å². The molecular weight excluding hydrogens is 408 g/mol. The number of phenolic OH excluding ortho intramolecular Hbond substituents is 1. The number of halogens is 1. The van der Waals surface area contributed by atoms with Crippen molar-refractivity contribution < 1.29 is 50.7 Å². The van der Waals surface area contributed by atoms with Gasteiger partial charge in [-0.3, -0.25) is 4.79 Å². The Bertz CT molecular complexity index is 610. The first kappa shape index (κ1) is 19.2. The molecule has 2 aromatic rings. The normalized spacial score (nSPS) is 11.3. The summed E-state index contributed by atoms with van der Waals surface area (Å²) in [4.78, 5) is 11.0. The molecule has 0 bridgehead atoms. The number of hydrogen-bond donors (Lipinski definition) is 3. The van der Waals surface area contributed by atoms with Crippen LogP contribution in [0.15, 0.2) is 48.5 Å². The van der Waals surface area contributed by atoms with Gasteiger partial charge in [-0.2, -0.15) is 0 Å². The summed E-state index contributed by atoms with van der Waals surface area (Å²) in [6.07, 6.45) is 0.401. The summed E-state index contributed by atoms with van der Waals surface area (Å²) < 4.78 is 8.35. The molecular formula is C15H15INNaO4. The standard InChI is InChI=1S/C15H14INO4.Na.H/c16-17-14(15(19)20)9-10-1-5-12(6-2-10)21-13-7-3-11(18)4-8-13;;/h1-8,14,17-18H,9H2,(H,19,20);;/q;+1;-1. The Morgan fingerprint density at radius 3 is 2.09 bits per heavy atom. The van der Waals surface area contributed by atoms with Crippen LogP contribution in [-0.4, -0.2) is 22.2 Å². The number of ether oxygens (including phenoxy) is 1. The number of phenols is 1. The van der Waals surface area contributed by atoms with Crippen LogP contribution in [0.2, 0.25) is 0 Å². The number of hydrogen-bond acceptors (Lipinski definition) is 4. The molecule has 0 amide bonds. The second kappa shape index (κ2) is 9.36. The number of benzene rings is 2. The fourth-order valence-electron chi connectivity index (χ4n) is 1.75. The molecule has 0 aliphatic carbocycles. The zero-order valence-corrected chi connectivity index (χ0v) is 16.1. The van der Waals surface area contributed by atoms with Gasteiger partial charge in [0.15, 0.2) is 0 Å². The van der Waals surface area contributed by atoms with E-state index in [1.807, 2.05) is 35.0 Å². The van der Waals surface area contributed by atoms with Gasteiger partial charge < -0.3 is 16.4 Å². The van der Waals surface area contributed by atoms with Crippen molar-refractivity contribution in [2.24, 2.45) is 0 Å². The van der Waals surface area contributed by atoms with E-state index in [0.717, 1.165) is 5.56 Å². The minimum atomic E-state index is -0.881. The van der Waals surface area contributed by atoms with Crippen molar-refractivity contribution in [3.8, 4) is 17.2 Å². The van der Waals surface area contributed by atoms with Gasteiger partial charge in [-0.05, 0) is 48.4 Å². The van der Waals surface area contributed by atoms with E-state index in [2.05, 4.69) is 3.53 Å². The molecule has 0 heterocycles. The molecule has 0 aliphatic heterocycles. The van der Waals surface area contributed by atoms with Gasteiger partial charge in [0.05, 0.1) is 0 Å². The third-order valence-electron chi connectivity index (χ3n) is 2.87. The molecule has 2 aromatic carbocycles. The Balaban J connectivity index is 0.00000242. The average molecular weight is 423 g/mol. The van der Waals surface area contributed by atoms with Crippen LogP contribution >= 0.6 is 22.9 Å². The monoisotopic (exact) mass is 423 g/mol. The summed E-state index contributed by atoms with van der Waals surface area (Å²) in [6.45, 7) is 0. The van der Waals surface area contributed by atoms with Gasteiger partial charge in [0.25, 0.3) is 0 Å². The van der Waals surface area contributed by atoms with Gasteiger partial charge in [-0.25, -0.2) is 3.53 Å². The van der Waals surface area contributed by atoms with Crippen molar-refractivity contribution in [3.05, 3.63) is 54.1 Å². The number of aliphatic carboxylic acids is 1. The van der Waals surface area contributed by atoms with Crippen LogP contribution in [0.5, 0.6) is 17.2 Å². The Labute approximate surface area is 166 Å². The molecule has 2 rings (SSSR count). The zero-order chi connectivity index (χ0) is 15.2. The van der Waals surface area contributed by atoms with E-state index in [1.54, 1.807) is 36.4 Å². The topological polar surface area (TPSA) is 78.8 Å². The SMILES string of the molecule is O=C(O)C(Cc1ccc(Oc2ccc(O)cc2)cc1)NI.[H-].[Na+]. The van der Waals surface area contributed by atoms with Gasteiger partial charge in [0.1, 0.15) is 23.3 Å². The minimum Gasteiger partial charge on any atom is -1.00 e. The van der Waals surface area contributed by atoms with E-state index < -0.39 is 12.0 Å². The summed E-state index contributed by atoms with van der Waals surface area (Å²) in [5.41, 5.74) is 0.907. The van der Waals surface area contributed by atoms with Crippen LogP contribution in [0.1, 0.15) is 6.99 Å². The smallest absolute Gasteiger partial charge is 1.00 e. The Morgan fingerprint density at radius 2 is 1.64 bits per heavy atom. The first-order chi connectivity index (χ1) is 10.1. The number of nitrogens with one attached hydrogen (secondary N) is 1. The van der Waals surface area contributed by atoms with E-state index in [4.69, 9.17) is 9.84 Å². The third-order valence-corrected chi connectivity index (χ3v) is 3.62. The predicted octanol–water partition coefficient (Wildman–Crippen LogP) is 0.236. The van der Waals surface area contributed by atoms with Crippen LogP contribution in [0, 0.1) is 0 Å². The maximum atomic E-state index is 11.0. The molecule has 22 heavy (non-hydrogen) atoms. The van der Waals surface area contributed by atoms with E-state index in [0.29, 0.717) is 17.9 Å². The van der Waals surface area contributed by atoms with Crippen molar-refractivity contribution in [2.45, 2.75) is 12.5 Å². The summed E-state index contributed by atoms with van der Waals surface area (Å²) in [7, 11) is 0. The van der Waals surface area contributed by atoms with Crippen molar-refractivity contribution >= 4 is 28.8 Å². The molecule has 1 atom stereocenters. The van der Waals surface area contributed by atoms with Gasteiger partial charge in [0.2, 0.25) is 0 Å². The van der Waals surface area contributed by atoms with E-state index in [-0.39, 0.29) is 36.7 Å². The second-order valence-electron chi connectivity index (χ2n) is 4.44. The van der Waals surface area contributed by atoms with Crippen LogP contribution < -0.4 is 37.8 Å². The number of carboxylic acid groups (broad SMARTS) is 1. The molecule has 112 valence electrons. The number of aromatic hydroxyl groups is 1. The molecule has 0 saturated carbocycles. The number of carbonyl (C=O) groups is 1. The average Bonchev–Trinajstić information content (AvgIpc) is 2.48. The molecule has 0 fully saturated rings. The molecule has 0 spiro atoms. The molecule has 7 heteroatoms. The summed E-state index contributed by atoms with van der Waals surface area (Å²) in [5, 5.41) is 18.2. The second-order valence-corrected chi connectivity index (χ2v) is 5.07. The van der Waals surface area contributed by atoms with E-state index in [1.165, 1.54) is 0 Å². The minimum absolute atomic E-state index is 0. The van der Waals surface area contributed by atoms with Crippen LogP contribution in [0.4, 0.5) is 0 Å². The van der Waals surface area contributed by atoms with Crippen molar-refractivity contribution in [1.29, 1.82) is 0 Å². The van der Waals surface area contributed by atoms with Gasteiger partial charge >= 0.3 is 35.5 Å². The predicted molar refractivity (Wildman–Crippen MR) is 88.0 cm³/mol. The molecule has 0 aromatic heterocycles. The Morgan fingerprint density at radius 1 is 1.14 bits per heavy atom. The maximum Gasteiger partial charge on any atom is 1.00 e. The van der Waals surface area contributed by atoms with Crippen molar-refractivity contribution in [1.82, 2.24) is 3.53 Å². The van der Waals surface area contributed by atoms with Crippen LogP contribution in [-0.2, 0) is 11.2 Å². The summed E-state index contributed by atoms with van der Waals surface area (Å²) in [5.74, 6) is 0.578. The number of carboxylic acids is 1. The summed E-state index contributed by atoms with van der Waals surface area (Å²) in [6, 6.07) is 13.1. The fourth-order valence-corrected chi connectivity index (χ4v) is 2.24. The van der Waals surface area contributed by atoms with Crippen molar-refractivity contribution in [3.63, 3.8) is 0 Å². The van der Waals surface area contributed by atoms with Crippen LogP contribution in [0.25, 0.3) is 0 Å². The Kier molecular flexibility index (Phi) is 8.19. The molecule has 3 N–H and O–H groups in total. The largest absolute Gasteiger partial charge is 1.00 e. The van der Waals surface area contributed by atoms with Gasteiger partial charge in [0, 0.05) is 22.9 Å². The molecule has 0 saturated heterocycles. The first-order valence-corrected chi connectivity index (χ1v) is 7.31. The van der Waals surface area contributed by atoms with Crippen molar-refractivity contribution in [2.75, 3.05) is 0 Å². The molecule has 0 radical (unpaired) electrons. The van der Waals surface area contributed by atoms with E-state index >= 15 is 0 Å². The Hall–Kier alpha value is -0.800. The molecule has 1 unspecified atom stereocenters. The van der Waals surface area contributed by atoms with Gasteiger partial charge in [-0.15, -0.1) is 0 Å². The fraction of sp³-hybridized carbons (Fsp3) is 0.133. The maximum absolute atomic E-state index is 11.0. The molecule has 5 nitrogen and oxygen atoms in total. The van der Waals surface area contributed by atoms with Crippen LogP contribution in [0.3, 0.4) is 0 Å². The quantitative estimate of drug-likeness (QED) is 0.353. The number of rotatable bonds is 6. The summed E-state index contributed by atoms with van der Waals surface area (Å²) >= 11 is 1.84. The first-order valence-electron chi connectivity index (χ1n) is 6.23.